The van der Waals surface area contributed by atoms with Crippen LogP contribution in [0.2, 0.25) is 0 Å². The molecule has 11 heavy (non-hydrogen) atoms. The van der Waals surface area contributed by atoms with Crippen LogP contribution in [0.15, 0.2) is 23.3 Å². The number of hydrogen-bond donors (Lipinski definition) is 0. The molecule has 0 spiro atoms. The summed E-state index contributed by atoms with van der Waals surface area (Å²) in [4.78, 5) is 4.03. The van der Waals surface area contributed by atoms with Gasteiger partial charge in [-0.2, -0.15) is 0 Å². The van der Waals surface area contributed by atoms with Gasteiger partial charge in [-0.05, 0) is 22.0 Å². The Balaban J connectivity index is 3.16. The lowest BCUT2D eigenvalue weighted by Gasteiger charge is -2.02. The zero-order chi connectivity index (χ0) is 8.27. The van der Waals surface area contributed by atoms with Gasteiger partial charge in [-0.1, -0.05) is 12.7 Å². The molecular weight excluding hydrogens is 206 g/mol. The van der Waals surface area contributed by atoms with Crippen molar-refractivity contribution in [1.82, 2.24) is 4.98 Å². The van der Waals surface area contributed by atoms with Crippen molar-refractivity contribution in [3.05, 3.63) is 28.9 Å². The monoisotopic (exact) mass is 213 g/mol. The molecule has 1 rings (SSSR count). The van der Waals surface area contributed by atoms with Gasteiger partial charge >= 0.3 is 0 Å². The summed E-state index contributed by atoms with van der Waals surface area (Å²) in [5, 5.41) is 0. The van der Waals surface area contributed by atoms with Crippen molar-refractivity contribution in [2.45, 2.75) is 0 Å². The van der Waals surface area contributed by atoms with Crippen LogP contribution in [-0.2, 0) is 0 Å². The second-order valence-electron chi connectivity index (χ2n) is 1.96. The molecule has 1 aromatic heterocycles. The van der Waals surface area contributed by atoms with Gasteiger partial charge in [0.25, 0.3) is 0 Å². The minimum Gasteiger partial charge on any atom is -0.481 e. The summed E-state index contributed by atoms with van der Waals surface area (Å²) in [5.74, 6) is 0.600. The largest absolute Gasteiger partial charge is 0.481 e. The Kier molecular flexibility index (Phi) is 2.65. The highest BCUT2D eigenvalue weighted by Crippen LogP contribution is 2.19. The second-order valence-corrected chi connectivity index (χ2v) is 2.87. The first-order chi connectivity index (χ1) is 5.27. The zero-order valence-corrected chi connectivity index (χ0v) is 7.76. The molecule has 0 N–H and O–H groups in total. The summed E-state index contributed by atoms with van der Waals surface area (Å²) < 4.78 is 5.91. The van der Waals surface area contributed by atoms with Crippen molar-refractivity contribution in [3.8, 4) is 5.88 Å². The van der Waals surface area contributed by atoms with Crippen molar-refractivity contribution < 1.29 is 4.74 Å². The van der Waals surface area contributed by atoms with E-state index in [9.17, 15) is 0 Å². The molecule has 0 unspecified atom stereocenters. The fraction of sp³-hybridized carbons (Fsp3) is 0.125. The van der Waals surface area contributed by atoms with Crippen LogP contribution in [0, 0.1) is 0 Å². The zero-order valence-electron chi connectivity index (χ0n) is 6.17. The first-order valence-corrected chi connectivity index (χ1v) is 3.89. The Hall–Kier alpha value is -0.830. The standard InChI is InChI=1S/C8H8BrNO/c1-3-6-4-7(9)5-10-8(6)11-2/h3-5H,1H2,2H3. The van der Waals surface area contributed by atoms with Crippen LogP contribution in [0.1, 0.15) is 5.56 Å². The third kappa shape index (κ3) is 1.80. The highest BCUT2D eigenvalue weighted by Gasteiger charge is 1.99. The number of pyridine rings is 1. The van der Waals surface area contributed by atoms with Crippen LogP contribution in [0.25, 0.3) is 6.08 Å². The molecule has 0 radical (unpaired) electrons. The number of rotatable bonds is 2. The normalized spacial score (nSPS) is 9.27. The Morgan fingerprint density at radius 3 is 3.00 bits per heavy atom. The molecule has 0 fully saturated rings. The SMILES string of the molecule is C=Cc1cc(Br)cnc1OC. The summed E-state index contributed by atoms with van der Waals surface area (Å²) in [6, 6.07) is 1.90. The van der Waals surface area contributed by atoms with Crippen LogP contribution in [0.4, 0.5) is 0 Å². The van der Waals surface area contributed by atoms with E-state index in [2.05, 4.69) is 27.5 Å². The molecule has 0 aliphatic carbocycles. The van der Waals surface area contributed by atoms with E-state index in [1.54, 1.807) is 19.4 Å². The highest BCUT2D eigenvalue weighted by molar-refractivity contribution is 9.10. The molecule has 0 bridgehead atoms. The first-order valence-electron chi connectivity index (χ1n) is 3.10. The molecule has 0 atom stereocenters. The van der Waals surface area contributed by atoms with Gasteiger partial charge in [0.1, 0.15) is 0 Å². The van der Waals surface area contributed by atoms with Gasteiger partial charge in [-0.3, -0.25) is 0 Å². The maximum absolute atomic E-state index is 4.99. The summed E-state index contributed by atoms with van der Waals surface area (Å²) in [6.07, 6.45) is 3.39. The van der Waals surface area contributed by atoms with Crippen molar-refractivity contribution in [1.29, 1.82) is 0 Å². The van der Waals surface area contributed by atoms with Crippen molar-refractivity contribution >= 4 is 22.0 Å². The van der Waals surface area contributed by atoms with E-state index in [1.165, 1.54) is 0 Å². The van der Waals surface area contributed by atoms with Crippen LogP contribution < -0.4 is 4.74 Å². The molecule has 0 aliphatic heterocycles. The van der Waals surface area contributed by atoms with Crippen molar-refractivity contribution in [3.63, 3.8) is 0 Å². The molecule has 0 aliphatic rings. The Bertz CT molecular complexity index is 273. The van der Waals surface area contributed by atoms with Crippen LogP contribution in [0.3, 0.4) is 0 Å². The lowest BCUT2D eigenvalue weighted by atomic mass is 10.3. The molecule has 0 aromatic carbocycles. The topological polar surface area (TPSA) is 22.1 Å². The summed E-state index contributed by atoms with van der Waals surface area (Å²) in [5.41, 5.74) is 0.891. The summed E-state index contributed by atoms with van der Waals surface area (Å²) >= 11 is 3.30. The minimum atomic E-state index is 0.600. The maximum Gasteiger partial charge on any atom is 0.220 e. The minimum absolute atomic E-state index is 0.600. The van der Waals surface area contributed by atoms with E-state index < -0.39 is 0 Å². The van der Waals surface area contributed by atoms with E-state index in [-0.39, 0.29) is 0 Å². The molecular formula is C8H8BrNO. The summed E-state index contributed by atoms with van der Waals surface area (Å²) in [6.45, 7) is 3.64. The van der Waals surface area contributed by atoms with E-state index in [0.717, 1.165) is 10.0 Å². The Morgan fingerprint density at radius 1 is 1.73 bits per heavy atom. The van der Waals surface area contributed by atoms with Gasteiger partial charge in [0, 0.05) is 16.2 Å². The van der Waals surface area contributed by atoms with Crippen molar-refractivity contribution in [2.24, 2.45) is 0 Å². The predicted molar refractivity (Wildman–Crippen MR) is 48.6 cm³/mol. The van der Waals surface area contributed by atoms with Gasteiger partial charge in [-0.25, -0.2) is 4.98 Å². The van der Waals surface area contributed by atoms with Crippen molar-refractivity contribution in [2.75, 3.05) is 7.11 Å². The highest BCUT2D eigenvalue weighted by atomic mass is 79.9. The number of nitrogens with zero attached hydrogens (tertiary/aromatic N) is 1. The maximum atomic E-state index is 4.99. The quantitative estimate of drug-likeness (QED) is 0.754. The van der Waals surface area contributed by atoms with Gasteiger partial charge in [-0.15, -0.1) is 0 Å². The lowest BCUT2D eigenvalue weighted by Crippen LogP contribution is -1.89. The van der Waals surface area contributed by atoms with Crippen LogP contribution in [-0.4, -0.2) is 12.1 Å². The smallest absolute Gasteiger partial charge is 0.220 e. The average molecular weight is 214 g/mol. The Labute approximate surface area is 74.0 Å². The number of hydrogen-bond acceptors (Lipinski definition) is 2. The van der Waals surface area contributed by atoms with Crippen LogP contribution in [0.5, 0.6) is 5.88 Å². The fourth-order valence-electron chi connectivity index (χ4n) is 0.759. The van der Waals surface area contributed by atoms with E-state index in [0.29, 0.717) is 5.88 Å². The van der Waals surface area contributed by atoms with Gasteiger partial charge in [0.05, 0.1) is 7.11 Å². The van der Waals surface area contributed by atoms with Gasteiger partial charge in [0.2, 0.25) is 5.88 Å². The molecule has 0 saturated heterocycles. The van der Waals surface area contributed by atoms with E-state index >= 15 is 0 Å². The van der Waals surface area contributed by atoms with E-state index in [4.69, 9.17) is 4.74 Å². The van der Waals surface area contributed by atoms with Gasteiger partial charge < -0.3 is 4.74 Å². The lowest BCUT2D eigenvalue weighted by molar-refractivity contribution is 0.396. The second kappa shape index (κ2) is 3.53. The van der Waals surface area contributed by atoms with E-state index in [1.807, 2.05) is 6.07 Å². The summed E-state index contributed by atoms with van der Waals surface area (Å²) in [7, 11) is 1.59. The number of ether oxygens (including phenoxy) is 1. The fourth-order valence-corrected chi connectivity index (χ4v) is 1.11. The molecule has 3 heteroatoms. The van der Waals surface area contributed by atoms with Crippen LogP contribution >= 0.6 is 15.9 Å². The number of halogens is 1. The third-order valence-electron chi connectivity index (χ3n) is 1.26. The molecule has 58 valence electrons. The predicted octanol–water partition coefficient (Wildman–Crippen LogP) is 2.50. The molecule has 2 nitrogen and oxygen atoms in total. The third-order valence-corrected chi connectivity index (χ3v) is 1.69. The molecule has 0 amide bonds. The molecule has 1 aromatic rings. The molecule has 0 saturated carbocycles. The Morgan fingerprint density at radius 2 is 2.45 bits per heavy atom. The first kappa shape index (κ1) is 8.27. The van der Waals surface area contributed by atoms with Gasteiger partial charge in [0.15, 0.2) is 0 Å². The number of methoxy groups -OCH3 is 1. The average Bonchev–Trinajstić information content (AvgIpc) is 2.04. The number of aromatic nitrogens is 1. The molecule has 1 heterocycles.